The van der Waals surface area contributed by atoms with Gasteiger partial charge in [-0.1, -0.05) is 18.3 Å². The van der Waals surface area contributed by atoms with Gasteiger partial charge in [0.25, 0.3) is 0 Å². The molecule has 1 N–H and O–H groups in total. The Morgan fingerprint density at radius 1 is 1.46 bits per heavy atom. The summed E-state index contributed by atoms with van der Waals surface area (Å²) in [6.07, 6.45) is -1.85. The van der Waals surface area contributed by atoms with Crippen LogP contribution in [-0.2, 0) is 9.47 Å². The molecule has 1 unspecified atom stereocenters. The number of halogens is 1. The number of cyclic esters (lactones) is 1. The molecule has 24 heavy (non-hydrogen) atoms. The highest BCUT2D eigenvalue weighted by Crippen LogP contribution is 2.28. The molecule has 0 aromatic heterocycles. The number of thiocarbonyl (C=S) groups is 1. The Morgan fingerprint density at radius 2 is 2.25 bits per heavy atom. The molecule has 2 saturated heterocycles. The maximum absolute atomic E-state index is 14.0. The summed E-state index contributed by atoms with van der Waals surface area (Å²) in [7, 11) is 0. The summed E-state index contributed by atoms with van der Waals surface area (Å²) < 4.78 is 24.5. The average Bonchev–Trinajstić information content (AvgIpc) is 2.94. The number of carbonyl (C=O) groups is 1. The number of ether oxygens (including phenoxy) is 2. The summed E-state index contributed by atoms with van der Waals surface area (Å²) in [5, 5.41) is 3.00. The van der Waals surface area contributed by atoms with E-state index in [0.29, 0.717) is 36.9 Å². The molecule has 1 amide bonds. The highest BCUT2D eigenvalue weighted by Gasteiger charge is 2.32. The molecule has 0 radical (unpaired) electrons. The van der Waals surface area contributed by atoms with E-state index >= 15 is 0 Å². The fourth-order valence-electron chi connectivity index (χ4n) is 2.80. The number of hydrogen-bond donors (Lipinski definition) is 1. The van der Waals surface area contributed by atoms with Crippen LogP contribution in [0.4, 0.5) is 20.6 Å². The van der Waals surface area contributed by atoms with Crippen molar-refractivity contribution in [2.45, 2.75) is 19.3 Å². The van der Waals surface area contributed by atoms with Gasteiger partial charge in [-0.2, -0.15) is 0 Å². The van der Waals surface area contributed by atoms with Gasteiger partial charge in [0.15, 0.2) is 6.30 Å². The maximum Gasteiger partial charge on any atom is 0.414 e. The lowest BCUT2D eigenvalue weighted by molar-refractivity contribution is 0.0497. The second-order valence-corrected chi connectivity index (χ2v) is 6.39. The Hall–Kier alpha value is -1.93. The summed E-state index contributed by atoms with van der Waals surface area (Å²) in [4.78, 5) is 16.0. The third-order valence-electron chi connectivity index (χ3n) is 4.00. The molecule has 2 fully saturated rings. The molecule has 2 heterocycles. The van der Waals surface area contributed by atoms with Gasteiger partial charge in [0.2, 0.25) is 0 Å². The Kier molecular flexibility index (Phi) is 5.15. The summed E-state index contributed by atoms with van der Waals surface area (Å²) in [5.41, 5.74) is 1.42. The van der Waals surface area contributed by atoms with E-state index < -0.39 is 12.4 Å². The highest BCUT2D eigenvalue weighted by atomic mass is 32.1. The van der Waals surface area contributed by atoms with Crippen molar-refractivity contribution in [3.63, 3.8) is 0 Å². The van der Waals surface area contributed by atoms with Gasteiger partial charge >= 0.3 is 6.09 Å². The van der Waals surface area contributed by atoms with Crippen molar-refractivity contribution in [3.8, 4) is 0 Å². The lowest BCUT2D eigenvalue weighted by Crippen LogP contribution is -2.43. The van der Waals surface area contributed by atoms with Crippen LogP contribution in [0.2, 0.25) is 0 Å². The SMILES string of the molecule is CC(=S)NC[C@H]1CN(c2cccc(N3CCOCC3F)c2)C(=O)O1. The second-order valence-electron chi connectivity index (χ2n) is 5.78. The summed E-state index contributed by atoms with van der Waals surface area (Å²) in [5.74, 6) is 0. The first-order chi connectivity index (χ1) is 11.5. The number of amides is 1. The molecule has 2 aliphatic heterocycles. The molecular formula is C16H20FN3O3S. The van der Waals surface area contributed by atoms with Crippen molar-refractivity contribution in [2.75, 3.05) is 42.6 Å². The van der Waals surface area contributed by atoms with Crippen LogP contribution in [0.15, 0.2) is 24.3 Å². The first kappa shape index (κ1) is 16.9. The lowest BCUT2D eigenvalue weighted by atomic mass is 10.2. The molecule has 0 aliphatic carbocycles. The Labute approximate surface area is 145 Å². The molecule has 0 saturated carbocycles. The van der Waals surface area contributed by atoms with Gasteiger partial charge in [-0.15, -0.1) is 0 Å². The number of anilines is 2. The average molecular weight is 353 g/mol. The second kappa shape index (κ2) is 7.31. The van der Waals surface area contributed by atoms with Crippen LogP contribution in [0, 0.1) is 0 Å². The Morgan fingerprint density at radius 3 is 3.00 bits per heavy atom. The molecule has 6 nitrogen and oxygen atoms in total. The molecule has 0 spiro atoms. The standard InChI is InChI=1S/C16H20FN3O3S/c1-11(24)18-8-14-9-20(16(21)23-14)13-4-2-3-12(7-13)19-5-6-22-10-15(19)17/h2-4,7,14-15H,5-6,8-10H2,1H3,(H,18,24)/t14-,15?/m0/s1. The van der Waals surface area contributed by atoms with E-state index in [1.807, 2.05) is 18.2 Å². The van der Waals surface area contributed by atoms with Crippen molar-refractivity contribution in [3.05, 3.63) is 24.3 Å². The van der Waals surface area contributed by atoms with Gasteiger partial charge < -0.3 is 19.7 Å². The van der Waals surface area contributed by atoms with Crippen LogP contribution in [-0.4, -0.2) is 56.3 Å². The van der Waals surface area contributed by atoms with E-state index in [9.17, 15) is 9.18 Å². The molecule has 130 valence electrons. The van der Waals surface area contributed by atoms with Crippen molar-refractivity contribution in [1.29, 1.82) is 0 Å². The third kappa shape index (κ3) is 3.76. The zero-order chi connectivity index (χ0) is 17.1. The van der Waals surface area contributed by atoms with Gasteiger partial charge in [-0.05, 0) is 25.1 Å². The number of carbonyl (C=O) groups excluding carboxylic acids is 1. The first-order valence-electron chi connectivity index (χ1n) is 7.85. The van der Waals surface area contributed by atoms with Crippen LogP contribution < -0.4 is 15.1 Å². The van der Waals surface area contributed by atoms with Crippen LogP contribution >= 0.6 is 12.2 Å². The molecule has 2 aliphatic rings. The van der Waals surface area contributed by atoms with E-state index in [2.05, 4.69) is 5.32 Å². The largest absolute Gasteiger partial charge is 0.442 e. The number of alkyl halides is 1. The lowest BCUT2D eigenvalue weighted by Gasteiger charge is -2.32. The van der Waals surface area contributed by atoms with E-state index in [4.69, 9.17) is 21.7 Å². The van der Waals surface area contributed by atoms with Crippen molar-refractivity contribution in [2.24, 2.45) is 0 Å². The third-order valence-corrected chi connectivity index (χ3v) is 4.14. The number of morpholine rings is 1. The number of nitrogens with one attached hydrogen (secondary N) is 1. The molecule has 2 atom stereocenters. The highest BCUT2D eigenvalue weighted by molar-refractivity contribution is 7.80. The Bertz CT molecular complexity index is 630. The molecule has 1 aromatic rings. The minimum absolute atomic E-state index is 0.0562. The van der Waals surface area contributed by atoms with Crippen molar-refractivity contribution < 1.29 is 18.7 Å². The van der Waals surface area contributed by atoms with Crippen LogP contribution in [0.3, 0.4) is 0 Å². The normalized spacial score (nSPS) is 24.0. The fourth-order valence-corrected chi connectivity index (χ4v) is 2.88. The Balaban J connectivity index is 1.71. The van der Waals surface area contributed by atoms with Gasteiger partial charge in [0.05, 0.1) is 31.3 Å². The molecule has 0 bridgehead atoms. The van der Waals surface area contributed by atoms with Gasteiger partial charge in [-0.25, -0.2) is 9.18 Å². The number of nitrogens with zero attached hydrogens (tertiary/aromatic N) is 2. The van der Waals surface area contributed by atoms with Gasteiger partial charge in [-0.3, -0.25) is 4.90 Å². The molecule has 8 heteroatoms. The number of rotatable bonds is 4. The quantitative estimate of drug-likeness (QED) is 0.661. The molecule has 1 aromatic carbocycles. The predicted octanol–water partition coefficient (Wildman–Crippen LogP) is 2.08. The monoisotopic (exact) mass is 353 g/mol. The minimum atomic E-state index is -1.18. The summed E-state index contributed by atoms with van der Waals surface area (Å²) in [6.45, 7) is 3.72. The maximum atomic E-state index is 14.0. The van der Waals surface area contributed by atoms with Gasteiger partial charge in [0, 0.05) is 17.9 Å². The summed E-state index contributed by atoms with van der Waals surface area (Å²) >= 11 is 4.97. The van der Waals surface area contributed by atoms with Gasteiger partial charge in [0.1, 0.15) is 6.10 Å². The predicted molar refractivity (Wildman–Crippen MR) is 93.4 cm³/mol. The fraction of sp³-hybridized carbons (Fsp3) is 0.500. The zero-order valence-electron chi connectivity index (χ0n) is 13.4. The van der Waals surface area contributed by atoms with E-state index in [0.717, 1.165) is 5.69 Å². The summed E-state index contributed by atoms with van der Waals surface area (Å²) in [6, 6.07) is 7.27. The topological polar surface area (TPSA) is 54.0 Å². The van der Waals surface area contributed by atoms with Crippen LogP contribution in [0.25, 0.3) is 0 Å². The first-order valence-corrected chi connectivity index (χ1v) is 8.26. The van der Waals surface area contributed by atoms with E-state index in [-0.39, 0.29) is 12.7 Å². The smallest absolute Gasteiger partial charge is 0.414 e. The zero-order valence-corrected chi connectivity index (χ0v) is 14.2. The minimum Gasteiger partial charge on any atom is -0.442 e. The number of hydrogen-bond acceptors (Lipinski definition) is 5. The van der Waals surface area contributed by atoms with Crippen LogP contribution in [0.5, 0.6) is 0 Å². The van der Waals surface area contributed by atoms with E-state index in [1.165, 1.54) is 0 Å². The number of benzene rings is 1. The van der Waals surface area contributed by atoms with Crippen molar-refractivity contribution in [1.82, 2.24) is 5.32 Å². The van der Waals surface area contributed by atoms with Crippen LogP contribution in [0.1, 0.15) is 6.92 Å². The molecule has 3 rings (SSSR count). The molecular weight excluding hydrogens is 333 g/mol. The van der Waals surface area contributed by atoms with E-state index in [1.54, 1.807) is 22.8 Å². The van der Waals surface area contributed by atoms with Crippen molar-refractivity contribution >= 4 is 34.7 Å².